The Kier molecular flexibility index (Phi) is 5.62. The van der Waals surface area contributed by atoms with Crippen LogP contribution in [0.1, 0.15) is 36.6 Å². The number of aromatic nitrogens is 3. The third kappa shape index (κ3) is 4.45. The fourth-order valence-corrected chi connectivity index (χ4v) is 3.09. The van der Waals surface area contributed by atoms with Gasteiger partial charge in [-0.05, 0) is 36.5 Å². The van der Waals surface area contributed by atoms with E-state index in [-0.39, 0.29) is 36.0 Å². The van der Waals surface area contributed by atoms with E-state index in [1.54, 1.807) is 25.6 Å². The molecule has 8 heteroatoms. The molecule has 138 valence electrons. The van der Waals surface area contributed by atoms with Crippen molar-refractivity contribution in [2.45, 2.75) is 37.8 Å². The highest BCUT2D eigenvalue weighted by molar-refractivity contribution is 5.76. The largest absolute Gasteiger partial charge is 0.495 e. The summed E-state index contributed by atoms with van der Waals surface area (Å²) in [5.41, 5.74) is 1.24. The quantitative estimate of drug-likeness (QED) is 0.672. The maximum absolute atomic E-state index is 12.4. The molecule has 0 spiro atoms. The fraction of sp³-hybridized carbons (Fsp3) is 0.444. The number of amides is 1. The SMILES string of the molecule is COc1cncc([C@H](NC(=O)CCc2ccc(=O)[nH]n2)C2CC(O)C2)c1. The topological polar surface area (TPSA) is 117 Å². The predicted octanol–water partition coefficient (Wildman–Crippen LogP) is 0.734. The van der Waals surface area contributed by atoms with Crippen molar-refractivity contribution in [2.24, 2.45) is 5.92 Å². The predicted molar refractivity (Wildman–Crippen MR) is 93.6 cm³/mol. The van der Waals surface area contributed by atoms with Crippen LogP contribution in [0.4, 0.5) is 0 Å². The number of hydrogen-bond acceptors (Lipinski definition) is 6. The van der Waals surface area contributed by atoms with E-state index in [9.17, 15) is 14.7 Å². The first-order chi connectivity index (χ1) is 12.5. The van der Waals surface area contributed by atoms with Crippen LogP contribution in [-0.2, 0) is 11.2 Å². The average molecular weight is 358 g/mol. The molecule has 2 heterocycles. The summed E-state index contributed by atoms with van der Waals surface area (Å²) < 4.78 is 5.22. The van der Waals surface area contributed by atoms with E-state index in [1.807, 2.05) is 6.07 Å². The number of ether oxygens (including phenoxy) is 1. The van der Waals surface area contributed by atoms with Gasteiger partial charge in [0.15, 0.2) is 0 Å². The molecule has 0 aromatic carbocycles. The second-order valence-corrected chi connectivity index (χ2v) is 6.50. The van der Waals surface area contributed by atoms with Gasteiger partial charge in [0, 0.05) is 25.1 Å². The minimum absolute atomic E-state index is 0.118. The molecule has 3 rings (SSSR count). The van der Waals surface area contributed by atoms with Crippen LogP contribution in [0.15, 0.2) is 35.4 Å². The summed E-state index contributed by atoms with van der Waals surface area (Å²) in [6.45, 7) is 0. The number of nitrogens with one attached hydrogen (secondary N) is 2. The van der Waals surface area contributed by atoms with E-state index in [2.05, 4.69) is 20.5 Å². The molecule has 1 fully saturated rings. The van der Waals surface area contributed by atoms with Gasteiger partial charge in [-0.2, -0.15) is 5.10 Å². The molecule has 2 aromatic heterocycles. The van der Waals surface area contributed by atoms with Gasteiger partial charge in [0.05, 0.1) is 31.1 Å². The number of carbonyl (C=O) groups excluding carboxylic acids is 1. The first-order valence-corrected chi connectivity index (χ1v) is 8.56. The zero-order valence-electron chi connectivity index (χ0n) is 14.5. The molecule has 0 aliphatic heterocycles. The lowest BCUT2D eigenvalue weighted by Gasteiger charge is -2.38. The molecule has 1 atom stereocenters. The van der Waals surface area contributed by atoms with Crippen molar-refractivity contribution >= 4 is 5.91 Å². The minimum atomic E-state index is -0.316. The number of rotatable bonds is 7. The molecule has 0 unspecified atom stereocenters. The van der Waals surface area contributed by atoms with Gasteiger partial charge in [-0.1, -0.05) is 0 Å². The average Bonchev–Trinajstić information content (AvgIpc) is 2.63. The van der Waals surface area contributed by atoms with Crippen LogP contribution >= 0.6 is 0 Å². The van der Waals surface area contributed by atoms with Gasteiger partial charge in [-0.25, -0.2) is 5.10 Å². The fourth-order valence-electron chi connectivity index (χ4n) is 3.09. The number of H-pyrrole nitrogens is 1. The van der Waals surface area contributed by atoms with Crippen molar-refractivity contribution in [1.29, 1.82) is 0 Å². The number of carbonyl (C=O) groups is 1. The second-order valence-electron chi connectivity index (χ2n) is 6.50. The monoisotopic (exact) mass is 358 g/mol. The van der Waals surface area contributed by atoms with Gasteiger partial charge in [0.1, 0.15) is 5.75 Å². The molecule has 2 aromatic rings. The van der Waals surface area contributed by atoms with Crippen molar-refractivity contribution in [3.05, 3.63) is 52.2 Å². The second kappa shape index (κ2) is 8.09. The van der Waals surface area contributed by atoms with Crippen LogP contribution in [0.25, 0.3) is 0 Å². The van der Waals surface area contributed by atoms with Gasteiger partial charge in [-0.15, -0.1) is 0 Å². The Hall–Kier alpha value is -2.74. The third-order valence-electron chi connectivity index (χ3n) is 4.61. The molecule has 1 aliphatic rings. The Morgan fingerprint density at radius 1 is 1.42 bits per heavy atom. The van der Waals surface area contributed by atoms with E-state index in [0.717, 1.165) is 5.56 Å². The maximum atomic E-state index is 12.4. The third-order valence-corrected chi connectivity index (χ3v) is 4.61. The summed E-state index contributed by atoms with van der Waals surface area (Å²) in [5, 5.41) is 18.9. The minimum Gasteiger partial charge on any atom is -0.495 e. The zero-order chi connectivity index (χ0) is 18.5. The highest BCUT2D eigenvalue weighted by Crippen LogP contribution is 2.38. The summed E-state index contributed by atoms with van der Waals surface area (Å²) in [7, 11) is 1.57. The van der Waals surface area contributed by atoms with Crippen molar-refractivity contribution < 1.29 is 14.6 Å². The Labute approximate surface area is 150 Å². The number of aryl methyl sites for hydroxylation is 1. The molecule has 0 saturated heterocycles. The Balaban J connectivity index is 1.65. The van der Waals surface area contributed by atoms with Crippen LogP contribution in [0.5, 0.6) is 5.75 Å². The number of aliphatic hydroxyl groups is 1. The van der Waals surface area contributed by atoms with Crippen molar-refractivity contribution in [1.82, 2.24) is 20.5 Å². The number of aliphatic hydroxyl groups excluding tert-OH is 1. The van der Waals surface area contributed by atoms with Crippen LogP contribution in [0, 0.1) is 5.92 Å². The zero-order valence-corrected chi connectivity index (χ0v) is 14.5. The van der Waals surface area contributed by atoms with Gasteiger partial charge in [0.2, 0.25) is 5.91 Å². The van der Waals surface area contributed by atoms with Crippen molar-refractivity contribution in [2.75, 3.05) is 7.11 Å². The number of nitrogens with zero attached hydrogens (tertiary/aromatic N) is 2. The van der Waals surface area contributed by atoms with E-state index >= 15 is 0 Å². The molecule has 26 heavy (non-hydrogen) atoms. The van der Waals surface area contributed by atoms with E-state index in [0.29, 0.717) is 30.7 Å². The summed E-state index contributed by atoms with van der Waals surface area (Å²) in [4.78, 5) is 27.6. The molecular formula is C18H22N4O4. The van der Waals surface area contributed by atoms with E-state index in [4.69, 9.17) is 4.74 Å². The van der Waals surface area contributed by atoms with Crippen LogP contribution in [0.2, 0.25) is 0 Å². The van der Waals surface area contributed by atoms with Gasteiger partial charge >= 0.3 is 0 Å². The molecule has 1 amide bonds. The molecule has 1 saturated carbocycles. The maximum Gasteiger partial charge on any atom is 0.264 e. The molecular weight excluding hydrogens is 336 g/mol. The van der Waals surface area contributed by atoms with Crippen molar-refractivity contribution in [3.8, 4) is 5.75 Å². The Bertz CT molecular complexity index is 796. The Morgan fingerprint density at radius 2 is 2.23 bits per heavy atom. The van der Waals surface area contributed by atoms with Gasteiger partial charge in [-0.3, -0.25) is 14.6 Å². The number of pyridine rings is 1. The molecule has 0 bridgehead atoms. The lowest BCUT2D eigenvalue weighted by molar-refractivity contribution is -0.123. The molecule has 8 nitrogen and oxygen atoms in total. The standard InChI is InChI=1S/C18H22N4O4/c1-26-15-8-12(9-19-10-15)18(11-6-14(23)7-11)20-16(24)4-2-13-3-5-17(25)22-21-13/h3,5,8-11,14,18,23H,2,4,6-7H2,1H3,(H,20,24)(H,22,25)/t11?,14?,18-/m1/s1. The van der Waals surface area contributed by atoms with Gasteiger partial charge < -0.3 is 15.2 Å². The Morgan fingerprint density at radius 3 is 2.88 bits per heavy atom. The lowest BCUT2D eigenvalue weighted by atomic mass is 9.75. The van der Waals surface area contributed by atoms with Crippen LogP contribution < -0.4 is 15.6 Å². The number of methoxy groups -OCH3 is 1. The van der Waals surface area contributed by atoms with Crippen molar-refractivity contribution in [3.63, 3.8) is 0 Å². The lowest BCUT2D eigenvalue weighted by Crippen LogP contribution is -2.41. The number of aromatic amines is 1. The molecule has 3 N–H and O–H groups in total. The highest BCUT2D eigenvalue weighted by Gasteiger charge is 2.35. The highest BCUT2D eigenvalue weighted by atomic mass is 16.5. The number of hydrogen-bond donors (Lipinski definition) is 3. The first-order valence-electron chi connectivity index (χ1n) is 8.56. The van der Waals surface area contributed by atoms with Gasteiger partial charge in [0.25, 0.3) is 5.56 Å². The molecule has 1 aliphatic carbocycles. The first kappa shape index (κ1) is 18.1. The van der Waals surface area contributed by atoms with E-state index < -0.39 is 0 Å². The summed E-state index contributed by atoms with van der Waals surface area (Å²) in [5.74, 6) is 0.667. The van der Waals surface area contributed by atoms with Crippen LogP contribution in [-0.4, -0.2) is 39.4 Å². The van der Waals surface area contributed by atoms with E-state index in [1.165, 1.54) is 6.07 Å². The summed E-state index contributed by atoms with van der Waals surface area (Å²) in [6, 6.07) is 4.63. The summed E-state index contributed by atoms with van der Waals surface area (Å²) >= 11 is 0. The smallest absolute Gasteiger partial charge is 0.264 e. The normalized spacial score (nSPS) is 20.1. The van der Waals surface area contributed by atoms with Crippen LogP contribution in [0.3, 0.4) is 0 Å². The molecule has 0 radical (unpaired) electrons. The summed E-state index contributed by atoms with van der Waals surface area (Å²) in [6.07, 6.45) is 4.97.